The molecule has 1 aliphatic rings. The Morgan fingerprint density at radius 3 is 2.67 bits per heavy atom. The van der Waals surface area contributed by atoms with Crippen LogP contribution in [0.4, 0.5) is 5.82 Å². The molecule has 0 aliphatic carbocycles. The van der Waals surface area contributed by atoms with Crippen molar-refractivity contribution in [3.63, 3.8) is 0 Å². The fourth-order valence-corrected chi connectivity index (χ4v) is 3.05. The third-order valence-corrected chi connectivity index (χ3v) is 4.28. The van der Waals surface area contributed by atoms with Crippen LogP contribution in [0.15, 0.2) is 12.5 Å². The van der Waals surface area contributed by atoms with Crippen molar-refractivity contribution in [1.29, 1.82) is 0 Å². The van der Waals surface area contributed by atoms with Gasteiger partial charge in [-0.25, -0.2) is 9.97 Å². The summed E-state index contributed by atoms with van der Waals surface area (Å²) in [7, 11) is 0. The molecule has 5 nitrogen and oxygen atoms in total. The molecule has 6 heteroatoms. The predicted molar refractivity (Wildman–Crippen MR) is 81.7 cm³/mol. The number of nitrogens with zero attached hydrogens (tertiary/aromatic N) is 4. The molecule has 1 aromatic heterocycles. The summed E-state index contributed by atoms with van der Waals surface area (Å²) in [5.41, 5.74) is 5.81. The lowest BCUT2D eigenvalue weighted by atomic mass is 10.1. The van der Waals surface area contributed by atoms with E-state index in [-0.39, 0.29) is 0 Å². The molecular formula is C12H20IN5. The van der Waals surface area contributed by atoms with Crippen LogP contribution in [-0.2, 0) is 0 Å². The Balaban J connectivity index is 1.96. The number of aromatic nitrogens is 2. The van der Waals surface area contributed by atoms with Gasteiger partial charge in [-0.1, -0.05) is 6.92 Å². The number of rotatable bonds is 4. The molecule has 0 radical (unpaired) electrons. The van der Waals surface area contributed by atoms with Crippen LogP contribution in [-0.4, -0.2) is 53.6 Å². The van der Waals surface area contributed by atoms with Crippen molar-refractivity contribution in [2.24, 2.45) is 5.73 Å². The lowest BCUT2D eigenvalue weighted by Crippen LogP contribution is -2.52. The van der Waals surface area contributed by atoms with E-state index in [2.05, 4.69) is 49.3 Å². The summed E-state index contributed by atoms with van der Waals surface area (Å²) in [4.78, 5) is 13.2. The minimum absolute atomic E-state index is 0.525. The van der Waals surface area contributed by atoms with E-state index in [4.69, 9.17) is 5.73 Å². The van der Waals surface area contributed by atoms with Gasteiger partial charge in [0.2, 0.25) is 0 Å². The highest BCUT2D eigenvalue weighted by atomic mass is 127. The first-order valence-corrected chi connectivity index (χ1v) is 7.48. The summed E-state index contributed by atoms with van der Waals surface area (Å²) in [5, 5.41) is 0. The quantitative estimate of drug-likeness (QED) is 0.809. The largest absolute Gasteiger partial charge is 0.353 e. The molecule has 1 aliphatic heterocycles. The standard InChI is InChI=1S/C12H20IN5/c1-2-10(7-14)17-3-5-18(6-4-17)12-11(13)8-15-9-16-12/h8-10H,2-7,14H2,1H3. The highest BCUT2D eigenvalue weighted by Gasteiger charge is 2.23. The van der Waals surface area contributed by atoms with Crippen molar-refractivity contribution in [2.75, 3.05) is 37.6 Å². The summed E-state index contributed by atoms with van der Waals surface area (Å²) >= 11 is 2.30. The van der Waals surface area contributed by atoms with E-state index in [1.165, 1.54) is 0 Å². The van der Waals surface area contributed by atoms with Gasteiger partial charge >= 0.3 is 0 Å². The van der Waals surface area contributed by atoms with E-state index in [1.54, 1.807) is 6.33 Å². The first kappa shape index (κ1) is 14.0. The van der Waals surface area contributed by atoms with Gasteiger partial charge in [-0.2, -0.15) is 0 Å². The molecule has 1 atom stereocenters. The Labute approximate surface area is 122 Å². The minimum Gasteiger partial charge on any atom is -0.353 e. The van der Waals surface area contributed by atoms with Gasteiger partial charge in [-0.05, 0) is 29.0 Å². The van der Waals surface area contributed by atoms with Crippen molar-refractivity contribution >= 4 is 28.4 Å². The SMILES string of the molecule is CCC(CN)N1CCN(c2ncncc2I)CC1. The molecule has 18 heavy (non-hydrogen) atoms. The molecule has 100 valence electrons. The van der Waals surface area contributed by atoms with Gasteiger partial charge in [0.05, 0.1) is 3.57 Å². The van der Waals surface area contributed by atoms with Crippen molar-refractivity contribution in [1.82, 2.24) is 14.9 Å². The maximum atomic E-state index is 5.81. The second-order valence-electron chi connectivity index (χ2n) is 4.52. The molecule has 2 heterocycles. The summed E-state index contributed by atoms with van der Waals surface area (Å²) in [6.45, 7) is 7.12. The molecule has 0 saturated carbocycles. The Hall–Kier alpha value is -0.470. The van der Waals surface area contributed by atoms with E-state index >= 15 is 0 Å². The first-order chi connectivity index (χ1) is 8.76. The topological polar surface area (TPSA) is 58.3 Å². The van der Waals surface area contributed by atoms with E-state index in [0.717, 1.165) is 48.5 Å². The van der Waals surface area contributed by atoms with Gasteiger partial charge in [0.15, 0.2) is 0 Å². The lowest BCUT2D eigenvalue weighted by molar-refractivity contribution is 0.184. The average molecular weight is 361 g/mol. The molecule has 1 fully saturated rings. The molecule has 0 spiro atoms. The predicted octanol–water partition coefficient (Wildman–Crippen LogP) is 0.940. The molecule has 0 amide bonds. The molecule has 1 aromatic rings. The number of hydrogen-bond acceptors (Lipinski definition) is 5. The Bertz CT molecular complexity index is 374. The third-order valence-electron chi connectivity index (χ3n) is 3.52. The Kier molecular flexibility index (Phi) is 5.13. The molecule has 1 saturated heterocycles. The fraction of sp³-hybridized carbons (Fsp3) is 0.667. The second kappa shape index (κ2) is 6.63. The van der Waals surface area contributed by atoms with Crippen molar-refractivity contribution < 1.29 is 0 Å². The molecule has 2 N–H and O–H groups in total. The molecule has 0 bridgehead atoms. The van der Waals surface area contributed by atoms with E-state index in [9.17, 15) is 0 Å². The first-order valence-electron chi connectivity index (χ1n) is 6.40. The van der Waals surface area contributed by atoms with Crippen LogP contribution in [0.3, 0.4) is 0 Å². The van der Waals surface area contributed by atoms with Crippen molar-refractivity contribution in [3.8, 4) is 0 Å². The molecule has 0 aromatic carbocycles. The van der Waals surface area contributed by atoms with Crippen LogP contribution in [0.5, 0.6) is 0 Å². The van der Waals surface area contributed by atoms with Crippen LogP contribution >= 0.6 is 22.6 Å². The number of hydrogen-bond donors (Lipinski definition) is 1. The normalized spacial score (nSPS) is 18.9. The second-order valence-corrected chi connectivity index (χ2v) is 5.68. The van der Waals surface area contributed by atoms with Crippen LogP contribution in [0.25, 0.3) is 0 Å². The zero-order chi connectivity index (χ0) is 13.0. The number of anilines is 1. The van der Waals surface area contributed by atoms with E-state index < -0.39 is 0 Å². The average Bonchev–Trinajstić information content (AvgIpc) is 2.42. The summed E-state index contributed by atoms with van der Waals surface area (Å²) < 4.78 is 1.12. The monoisotopic (exact) mass is 361 g/mol. The fourth-order valence-electron chi connectivity index (χ4n) is 2.41. The van der Waals surface area contributed by atoms with Gasteiger partial charge < -0.3 is 10.6 Å². The highest BCUT2D eigenvalue weighted by Crippen LogP contribution is 2.20. The third kappa shape index (κ3) is 3.10. The van der Waals surface area contributed by atoms with Crippen LogP contribution < -0.4 is 10.6 Å². The van der Waals surface area contributed by atoms with Gasteiger partial charge in [0, 0.05) is 45.0 Å². The van der Waals surface area contributed by atoms with E-state index in [1.807, 2.05) is 6.20 Å². The number of nitrogens with two attached hydrogens (primary N) is 1. The van der Waals surface area contributed by atoms with Gasteiger partial charge in [-0.3, -0.25) is 4.90 Å². The lowest BCUT2D eigenvalue weighted by Gasteiger charge is -2.39. The smallest absolute Gasteiger partial charge is 0.145 e. The molecule has 2 rings (SSSR count). The summed E-state index contributed by atoms with van der Waals surface area (Å²) in [5.74, 6) is 1.06. The zero-order valence-corrected chi connectivity index (χ0v) is 12.9. The molecule has 1 unspecified atom stereocenters. The van der Waals surface area contributed by atoms with E-state index in [0.29, 0.717) is 6.04 Å². The highest BCUT2D eigenvalue weighted by molar-refractivity contribution is 14.1. The Morgan fingerprint density at radius 2 is 2.11 bits per heavy atom. The number of halogens is 1. The van der Waals surface area contributed by atoms with Gasteiger partial charge in [0.1, 0.15) is 12.1 Å². The molecular weight excluding hydrogens is 341 g/mol. The Morgan fingerprint density at radius 1 is 1.39 bits per heavy atom. The maximum absolute atomic E-state index is 5.81. The van der Waals surface area contributed by atoms with Gasteiger partial charge in [-0.15, -0.1) is 0 Å². The summed E-state index contributed by atoms with van der Waals surface area (Å²) in [6.07, 6.45) is 4.62. The van der Waals surface area contributed by atoms with Crippen LogP contribution in [0.1, 0.15) is 13.3 Å². The van der Waals surface area contributed by atoms with Gasteiger partial charge in [0.25, 0.3) is 0 Å². The van der Waals surface area contributed by atoms with Crippen LogP contribution in [0, 0.1) is 3.57 Å². The zero-order valence-electron chi connectivity index (χ0n) is 10.7. The summed E-state index contributed by atoms with van der Waals surface area (Å²) in [6, 6.07) is 0.525. The number of piperazine rings is 1. The van der Waals surface area contributed by atoms with Crippen molar-refractivity contribution in [3.05, 3.63) is 16.1 Å². The minimum atomic E-state index is 0.525. The van der Waals surface area contributed by atoms with Crippen LogP contribution in [0.2, 0.25) is 0 Å². The maximum Gasteiger partial charge on any atom is 0.145 e. The van der Waals surface area contributed by atoms with Crippen molar-refractivity contribution in [2.45, 2.75) is 19.4 Å².